The first-order chi connectivity index (χ1) is 26.8. The van der Waals surface area contributed by atoms with Crippen LogP contribution in [0, 0.1) is 0 Å². The van der Waals surface area contributed by atoms with Crippen LogP contribution in [0.15, 0.2) is 218 Å². The number of benzene rings is 10. The largest absolute Gasteiger partial charge is 0.310 e. The molecule has 0 heterocycles. The van der Waals surface area contributed by atoms with E-state index in [1.54, 1.807) is 0 Å². The summed E-state index contributed by atoms with van der Waals surface area (Å²) in [6, 6.07) is 79.0. The minimum Gasteiger partial charge on any atom is -0.310 e. The zero-order valence-corrected chi connectivity index (χ0v) is 29.7. The predicted molar refractivity (Wildman–Crippen MR) is 231 cm³/mol. The summed E-state index contributed by atoms with van der Waals surface area (Å²) in [6.45, 7) is 0. The Kier molecular flexibility index (Phi) is 7.85. The van der Waals surface area contributed by atoms with Gasteiger partial charge < -0.3 is 9.80 Å². The second kappa shape index (κ2) is 13.4. The van der Waals surface area contributed by atoms with Crippen LogP contribution < -0.4 is 9.80 Å². The summed E-state index contributed by atoms with van der Waals surface area (Å²) in [5.74, 6) is 0. The van der Waals surface area contributed by atoms with Gasteiger partial charge in [-0.1, -0.05) is 133 Å². The van der Waals surface area contributed by atoms with E-state index >= 15 is 0 Å². The molecule has 0 atom stereocenters. The van der Waals surface area contributed by atoms with Crippen molar-refractivity contribution >= 4 is 77.2 Å². The van der Waals surface area contributed by atoms with E-state index in [9.17, 15) is 0 Å². The number of nitrogens with zero attached hydrogens (tertiary/aromatic N) is 2. The quantitative estimate of drug-likeness (QED) is 0.154. The molecule has 254 valence electrons. The summed E-state index contributed by atoms with van der Waals surface area (Å²) >= 11 is 0. The SMILES string of the molecule is c1ccc(N(c2ccccc2)c2ccc(-c3ccc(N(c4ccccc4)c4ccccc4)c4cc5ccccc5cc34)c3cc4ccccc4cc23)cc1. The summed E-state index contributed by atoms with van der Waals surface area (Å²) < 4.78 is 0. The molecule has 0 saturated carbocycles. The highest BCUT2D eigenvalue weighted by Gasteiger charge is 2.21. The summed E-state index contributed by atoms with van der Waals surface area (Å²) in [5.41, 5.74) is 9.17. The van der Waals surface area contributed by atoms with Crippen molar-refractivity contribution < 1.29 is 0 Å². The predicted octanol–water partition coefficient (Wildman–Crippen LogP) is 14.9. The molecule has 0 radical (unpaired) electrons. The first-order valence-electron chi connectivity index (χ1n) is 18.5. The molecule has 10 rings (SSSR count). The summed E-state index contributed by atoms with van der Waals surface area (Å²) in [5, 5.41) is 9.72. The van der Waals surface area contributed by atoms with Crippen molar-refractivity contribution in [2.24, 2.45) is 0 Å². The molecule has 0 spiro atoms. The van der Waals surface area contributed by atoms with Crippen LogP contribution >= 0.6 is 0 Å². The van der Waals surface area contributed by atoms with E-state index in [2.05, 4.69) is 228 Å². The van der Waals surface area contributed by atoms with Crippen LogP contribution in [0.5, 0.6) is 0 Å². The lowest BCUT2D eigenvalue weighted by atomic mass is 9.89. The molecule has 54 heavy (non-hydrogen) atoms. The number of anilines is 6. The van der Waals surface area contributed by atoms with Crippen LogP contribution in [0.2, 0.25) is 0 Å². The molecule has 0 saturated heterocycles. The lowest BCUT2D eigenvalue weighted by Gasteiger charge is -2.29. The second-order valence-corrected chi connectivity index (χ2v) is 13.8. The molecule has 0 N–H and O–H groups in total. The number of para-hydroxylation sites is 4. The monoisotopic (exact) mass is 688 g/mol. The average molecular weight is 689 g/mol. The van der Waals surface area contributed by atoms with Crippen molar-refractivity contribution in [2.45, 2.75) is 0 Å². The lowest BCUT2D eigenvalue weighted by molar-refractivity contribution is 1.30. The van der Waals surface area contributed by atoms with Gasteiger partial charge in [0.15, 0.2) is 0 Å². The topological polar surface area (TPSA) is 6.48 Å². The Labute approximate surface area is 315 Å². The highest BCUT2D eigenvalue weighted by atomic mass is 15.1. The summed E-state index contributed by atoms with van der Waals surface area (Å²) in [6.07, 6.45) is 0. The number of hydrogen-bond donors (Lipinski definition) is 0. The van der Waals surface area contributed by atoms with E-state index in [0.717, 1.165) is 34.1 Å². The van der Waals surface area contributed by atoms with Crippen molar-refractivity contribution in [3.63, 3.8) is 0 Å². The van der Waals surface area contributed by atoms with E-state index in [-0.39, 0.29) is 0 Å². The Morgan fingerprint density at radius 2 is 0.481 bits per heavy atom. The number of hydrogen-bond acceptors (Lipinski definition) is 2. The average Bonchev–Trinajstić information content (AvgIpc) is 3.24. The normalized spacial score (nSPS) is 11.3. The van der Waals surface area contributed by atoms with Crippen molar-refractivity contribution in [3.05, 3.63) is 218 Å². The van der Waals surface area contributed by atoms with E-state index < -0.39 is 0 Å². The van der Waals surface area contributed by atoms with Crippen LogP contribution in [-0.4, -0.2) is 0 Å². The second-order valence-electron chi connectivity index (χ2n) is 13.8. The third-order valence-electron chi connectivity index (χ3n) is 10.5. The maximum atomic E-state index is 2.39. The first kappa shape index (κ1) is 31.6. The Morgan fingerprint density at radius 3 is 0.778 bits per heavy atom. The van der Waals surface area contributed by atoms with Gasteiger partial charge in [-0.15, -0.1) is 0 Å². The van der Waals surface area contributed by atoms with Crippen molar-refractivity contribution in [3.8, 4) is 11.1 Å². The molecule has 0 aromatic heterocycles. The number of fused-ring (bicyclic) bond motifs is 4. The molecule has 10 aromatic carbocycles. The van der Waals surface area contributed by atoms with Gasteiger partial charge in [-0.2, -0.15) is 0 Å². The van der Waals surface area contributed by atoms with Crippen LogP contribution in [0.3, 0.4) is 0 Å². The third kappa shape index (κ3) is 5.53. The van der Waals surface area contributed by atoms with E-state index in [4.69, 9.17) is 0 Å². The maximum Gasteiger partial charge on any atom is 0.0540 e. The summed E-state index contributed by atoms with van der Waals surface area (Å²) in [4.78, 5) is 4.76. The van der Waals surface area contributed by atoms with Crippen LogP contribution in [-0.2, 0) is 0 Å². The molecular formula is C52H36N2. The molecule has 0 aliphatic heterocycles. The standard InChI is InChI=1S/C52H36N2/c1-5-21-41(22-6-1)53(42-23-7-2-8-24-42)51-31-29-45(47-33-37-17-13-15-19-39(37)35-49(47)51)46-30-32-52(50-36-40-20-16-14-18-38(40)34-48(46)50)54(43-25-9-3-10-26-43)44-27-11-4-12-28-44/h1-36H. The highest BCUT2D eigenvalue weighted by molar-refractivity contribution is 6.17. The van der Waals surface area contributed by atoms with Crippen molar-refractivity contribution in [2.75, 3.05) is 9.80 Å². The molecule has 10 aromatic rings. The Bertz CT molecular complexity index is 2640. The first-order valence-corrected chi connectivity index (χ1v) is 18.5. The highest BCUT2D eigenvalue weighted by Crippen LogP contribution is 2.47. The lowest BCUT2D eigenvalue weighted by Crippen LogP contribution is -2.11. The van der Waals surface area contributed by atoms with Crippen LogP contribution in [0.1, 0.15) is 0 Å². The molecule has 0 aliphatic carbocycles. The Hall–Kier alpha value is -7.16. The molecule has 0 fully saturated rings. The van der Waals surface area contributed by atoms with E-state index in [1.165, 1.54) is 54.2 Å². The minimum absolute atomic E-state index is 1.12. The third-order valence-corrected chi connectivity index (χ3v) is 10.5. The van der Waals surface area contributed by atoms with Gasteiger partial charge in [-0.05, 0) is 128 Å². The smallest absolute Gasteiger partial charge is 0.0540 e. The van der Waals surface area contributed by atoms with Crippen LogP contribution in [0.4, 0.5) is 34.1 Å². The van der Waals surface area contributed by atoms with Gasteiger partial charge in [-0.25, -0.2) is 0 Å². The molecule has 2 heteroatoms. The number of rotatable bonds is 7. The molecular weight excluding hydrogens is 653 g/mol. The van der Waals surface area contributed by atoms with Gasteiger partial charge >= 0.3 is 0 Å². The molecule has 0 bridgehead atoms. The summed E-state index contributed by atoms with van der Waals surface area (Å²) in [7, 11) is 0. The zero-order chi connectivity index (χ0) is 35.8. The fraction of sp³-hybridized carbons (Fsp3) is 0. The fourth-order valence-electron chi connectivity index (χ4n) is 8.06. The Morgan fingerprint density at radius 1 is 0.222 bits per heavy atom. The van der Waals surface area contributed by atoms with Gasteiger partial charge in [0.25, 0.3) is 0 Å². The molecule has 0 unspecified atom stereocenters. The van der Waals surface area contributed by atoms with Crippen molar-refractivity contribution in [1.82, 2.24) is 0 Å². The Balaban J connectivity index is 1.27. The van der Waals surface area contributed by atoms with Gasteiger partial charge in [-0.3, -0.25) is 0 Å². The molecule has 2 nitrogen and oxygen atoms in total. The van der Waals surface area contributed by atoms with Gasteiger partial charge in [0.05, 0.1) is 11.4 Å². The van der Waals surface area contributed by atoms with Crippen molar-refractivity contribution in [1.29, 1.82) is 0 Å². The van der Waals surface area contributed by atoms with E-state index in [1.807, 2.05) is 0 Å². The molecule has 0 aliphatic rings. The minimum atomic E-state index is 1.12. The van der Waals surface area contributed by atoms with Gasteiger partial charge in [0.1, 0.15) is 0 Å². The van der Waals surface area contributed by atoms with E-state index in [0.29, 0.717) is 0 Å². The zero-order valence-electron chi connectivity index (χ0n) is 29.7. The van der Waals surface area contributed by atoms with Gasteiger partial charge in [0.2, 0.25) is 0 Å². The fourth-order valence-corrected chi connectivity index (χ4v) is 8.06. The molecule has 0 amide bonds. The van der Waals surface area contributed by atoms with Gasteiger partial charge in [0, 0.05) is 33.5 Å². The van der Waals surface area contributed by atoms with Crippen LogP contribution in [0.25, 0.3) is 54.2 Å². The maximum absolute atomic E-state index is 2.39.